The molecular formula is C23H23ClN4O4. The van der Waals surface area contributed by atoms with Crippen LogP contribution in [0, 0.1) is 0 Å². The molecule has 9 heteroatoms. The highest BCUT2D eigenvalue weighted by atomic mass is 35.5. The summed E-state index contributed by atoms with van der Waals surface area (Å²) in [6, 6.07) is 8.90. The Morgan fingerprint density at radius 1 is 1.25 bits per heavy atom. The lowest BCUT2D eigenvalue weighted by atomic mass is 9.98. The number of carbonyl (C=O) groups is 2. The number of aromatic hydroxyl groups is 1. The number of piperidine rings is 1. The van der Waals surface area contributed by atoms with Gasteiger partial charge in [0.1, 0.15) is 11.5 Å². The van der Waals surface area contributed by atoms with E-state index in [-0.39, 0.29) is 29.7 Å². The lowest BCUT2D eigenvalue weighted by molar-refractivity contribution is -0.131. The molecule has 2 N–H and O–H groups in total. The molecule has 32 heavy (non-hydrogen) atoms. The SMILES string of the molecule is O=C(NCC(=O)N1CCC[C@@H](c2ncc(Cc3cccc(Cl)c3)o2)C1)c1cncc(O)c1. The van der Waals surface area contributed by atoms with Crippen LogP contribution in [0.2, 0.25) is 5.02 Å². The number of rotatable bonds is 6. The standard InChI is InChI=1S/C23H23ClN4O4/c24-18-5-1-3-15(7-18)8-20-12-27-23(32-20)16-4-2-6-28(14-16)21(30)13-26-22(31)17-9-19(29)11-25-10-17/h1,3,5,7,9-12,16,29H,2,4,6,8,13-14H2,(H,26,31)/t16-/m1/s1. The van der Waals surface area contributed by atoms with Crippen LogP contribution in [0.5, 0.6) is 5.75 Å². The molecule has 0 radical (unpaired) electrons. The van der Waals surface area contributed by atoms with Gasteiger partial charge >= 0.3 is 0 Å². The van der Waals surface area contributed by atoms with Crippen molar-refractivity contribution in [1.82, 2.24) is 20.2 Å². The fraction of sp³-hybridized carbons (Fsp3) is 0.304. The predicted molar refractivity (Wildman–Crippen MR) is 118 cm³/mol. The van der Waals surface area contributed by atoms with E-state index in [1.54, 1.807) is 11.1 Å². The van der Waals surface area contributed by atoms with Gasteiger partial charge in [0.2, 0.25) is 5.91 Å². The molecule has 0 bridgehead atoms. The number of aromatic nitrogens is 2. The Labute approximate surface area is 190 Å². The van der Waals surface area contributed by atoms with Crippen LogP contribution >= 0.6 is 11.6 Å². The maximum atomic E-state index is 12.6. The normalized spacial score (nSPS) is 16.0. The second-order valence-electron chi connectivity index (χ2n) is 7.76. The Balaban J connectivity index is 1.32. The first kappa shape index (κ1) is 21.8. The van der Waals surface area contributed by atoms with Gasteiger partial charge in [-0.2, -0.15) is 0 Å². The van der Waals surface area contributed by atoms with E-state index in [4.69, 9.17) is 16.0 Å². The highest BCUT2D eigenvalue weighted by Crippen LogP contribution is 2.27. The van der Waals surface area contributed by atoms with Crippen molar-refractivity contribution in [1.29, 1.82) is 0 Å². The summed E-state index contributed by atoms with van der Waals surface area (Å²) in [5, 5.41) is 12.7. The highest BCUT2D eigenvalue weighted by molar-refractivity contribution is 6.30. The summed E-state index contributed by atoms with van der Waals surface area (Å²) in [6.45, 7) is 0.973. The second kappa shape index (κ2) is 9.82. The average Bonchev–Trinajstić information content (AvgIpc) is 3.26. The van der Waals surface area contributed by atoms with Crippen molar-refractivity contribution in [2.45, 2.75) is 25.2 Å². The summed E-state index contributed by atoms with van der Waals surface area (Å²) in [7, 11) is 0. The number of likely N-dealkylation sites (tertiary alicyclic amines) is 1. The van der Waals surface area contributed by atoms with Crippen molar-refractivity contribution in [3.05, 3.63) is 76.7 Å². The summed E-state index contributed by atoms with van der Waals surface area (Å²) in [4.78, 5) is 34.7. The van der Waals surface area contributed by atoms with Gasteiger partial charge in [-0.25, -0.2) is 4.98 Å². The molecule has 166 valence electrons. The number of oxazole rings is 1. The van der Waals surface area contributed by atoms with Crippen LogP contribution in [0.1, 0.15) is 46.3 Å². The van der Waals surface area contributed by atoms with Crippen molar-refractivity contribution in [2.75, 3.05) is 19.6 Å². The third kappa shape index (κ3) is 5.45. The number of hydrogen-bond donors (Lipinski definition) is 2. The van der Waals surface area contributed by atoms with Gasteiger partial charge < -0.3 is 19.7 Å². The van der Waals surface area contributed by atoms with Crippen LogP contribution < -0.4 is 5.32 Å². The monoisotopic (exact) mass is 454 g/mol. The van der Waals surface area contributed by atoms with Crippen LogP contribution in [0.4, 0.5) is 0 Å². The van der Waals surface area contributed by atoms with E-state index in [1.165, 1.54) is 18.5 Å². The molecule has 0 unspecified atom stereocenters. The van der Waals surface area contributed by atoms with Crippen LogP contribution in [0.15, 0.2) is 53.3 Å². The summed E-state index contributed by atoms with van der Waals surface area (Å²) in [5.41, 5.74) is 1.24. The molecule has 0 saturated carbocycles. The molecular weight excluding hydrogens is 432 g/mol. The van der Waals surface area contributed by atoms with E-state index >= 15 is 0 Å². The van der Waals surface area contributed by atoms with Gasteiger partial charge in [0.05, 0.1) is 30.4 Å². The number of hydrogen-bond acceptors (Lipinski definition) is 6. The minimum atomic E-state index is -0.464. The molecule has 3 heterocycles. The zero-order valence-corrected chi connectivity index (χ0v) is 18.1. The van der Waals surface area contributed by atoms with Gasteiger partial charge in [0.15, 0.2) is 5.89 Å². The average molecular weight is 455 g/mol. The van der Waals surface area contributed by atoms with E-state index in [2.05, 4.69) is 15.3 Å². The minimum absolute atomic E-state index is 0.00628. The number of nitrogens with one attached hydrogen (secondary N) is 1. The van der Waals surface area contributed by atoms with Crippen LogP contribution in [-0.4, -0.2) is 51.4 Å². The van der Waals surface area contributed by atoms with Gasteiger partial charge in [0, 0.05) is 30.7 Å². The van der Waals surface area contributed by atoms with Crippen LogP contribution in [0.3, 0.4) is 0 Å². The van der Waals surface area contributed by atoms with Crippen LogP contribution in [0.25, 0.3) is 0 Å². The second-order valence-corrected chi connectivity index (χ2v) is 8.20. The molecule has 1 saturated heterocycles. The molecule has 4 rings (SSSR count). The van der Waals surface area contributed by atoms with E-state index in [0.29, 0.717) is 30.4 Å². The quantitative estimate of drug-likeness (QED) is 0.592. The molecule has 8 nitrogen and oxygen atoms in total. The fourth-order valence-electron chi connectivity index (χ4n) is 3.77. The maximum Gasteiger partial charge on any atom is 0.253 e. The Hall–Kier alpha value is -3.39. The largest absolute Gasteiger partial charge is 0.506 e. The first-order valence-corrected chi connectivity index (χ1v) is 10.7. The Bertz CT molecular complexity index is 1120. The number of carbonyl (C=O) groups excluding carboxylic acids is 2. The van der Waals surface area contributed by atoms with E-state index in [1.807, 2.05) is 24.3 Å². The smallest absolute Gasteiger partial charge is 0.253 e. The van der Waals surface area contributed by atoms with E-state index < -0.39 is 5.91 Å². The first-order valence-electron chi connectivity index (χ1n) is 10.4. The topological polar surface area (TPSA) is 109 Å². The van der Waals surface area contributed by atoms with Crippen molar-refractivity contribution in [3.8, 4) is 5.75 Å². The van der Waals surface area contributed by atoms with Gasteiger partial charge in [0.25, 0.3) is 5.91 Å². The number of amides is 2. The summed E-state index contributed by atoms with van der Waals surface area (Å²) < 4.78 is 5.97. The zero-order valence-electron chi connectivity index (χ0n) is 17.3. The van der Waals surface area contributed by atoms with Crippen molar-refractivity contribution in [2.24, 2.45) is 0 Å². The Morgan fingerprint density at radius 2 is 2.12 bits per heavy atom. The van der Waals surface area contributed by atoms with E-state index in [9.17, 15) is 14.7 Å². The minimum Gasteiger partial charge on any atom is -0.506 e. The molecule has 1 fully saturated rings. The number of halogens is 1. The molecule has 3 aromatic rings. The van der Waals surface area contributed by atoms with E-state index in [0.717, 1.165) is 24.2 Å². The Kier molecular flexibility index (Phi) is 6.70. The first-order chi connectivity index (χ1) is 15.5. The maximum absolute atomic E-state index is 12.6. The molecule has 1 aliphatic heterocycles. The fourth-order valence-corrected chi connectivity index (χ4v) is 3.98. The number of pyridine rings is 1. The zero-order chi connectivity index (χ0) is 22.5. The molecule has 1 aliphatic rings. The van der Waals surface area contributed by atoms with Crippen LogP contribution in [-0.2, 0) is 11.2 Å². The van der Waals surface area contributed by atoms with Gasteiger partial charge in [-0.05, 0) is 36.6 Å². The van der Waals surface area contributed by atoms with Crippen molar-refractivity contribution in [3.63, 3.8) is 0 Å². The lowest BCUT2D eigenvalue weighted by Gasteiger charge is -2.31. The molecule has 1 aromatic carbocycles. The summed E-state index contributed by atoms with van der Waals surface area (Å²) in [5.74, 6) is 0.623. The molecule has 1 atom stereocenters. The van der Waals surface area contributed by atoms with Gasteiger partial charge in [-0.3, -0.25) is 14.6 Å². The Morgan fingerprint density at radius 3 is 2.94 bits per heavy atom. The third-order valence-electron chi connectivity index (χ3n) is 5.35. The molecule has 0 aliphatic carbocycles. The predicted octanol–water partition coefficient (Wildman–Crippen LogP) is 3.16. The third-order valence-corrected chi connectivity index (χ3v) is 5.58. The molecule has 2 amide bonds. The van der Waals surface area contributed by atoms with Crippen molar-refractivity contribution >= 4 is 23.4 Å². The summed E-state index contributed by atoms with van der Waals surface area (Å²) in [6.07, 6.45) is 6.59. The summed E-state index contributed by atoms with van der Waals surface area (Å²) >= 11 is 6.05. The number of benzene rings is 1. The van der Waals surface area contributed by atoms with Crippen molar-refractivity contribution < 1.29 is 19.1 Å². The highest BCUT2D eigenvalue weighted by Gasteiger charge is 2.28. The lowest BCUT2D eigenvalue weighted by Crippen LogP contribution is -2.44. The van der Waals surface area contributed by atoms with Gasteiger partial charge in [-0.15, -0.1) is 0 Å². The molecule has 2 aromatic heterocycles. The number of nitrogens with zero attached hydrogens (tertiary/aromatic N) is 3. The van der Waals surface area contributed by atoms with Gasteiger partial charge in [-0.1, -0.05) is 23.7 Å². The molecule has 0 spiro atoms.